The van der Waals surface area contributed by atoms with Gasteiger partial charge in [0.15, 0.2) is 5.17 Å². The number of hydrogen-bond acceptors (Lipinski definition) is 5. The van der Waals surface area contributed by atoms with E-state index in [9.17, 15) is 18.0 Å². The number of amides is 2. The molecular weight excluding hydrogens is 470 g/mol. The third kappa shape index (κ3) is 5.79. The number of benzene rings is 2. The molecule has 2 amide bonds. The summed E-state index contributed by atoms with van der Waals surface area (Å²) in [7, 11) is -4.02. The summed E-state index contributed by atoms with van der Waals surface area (Å²) in [6.45, 7) is 5.68. The summed E-state index contributed by atoms with van der Waals surface area (Å²) >= 11 is 6.80. The Balaban J connectivity index is 1.78. The van der Waals surface area contributed by atoms with Crippen LogP contribution < -0.4 is 5.32 Å². The van der Waals surface area contributed by atoms with E-state index in [1.807, 2.05) is 6.92 Å². The van der Waals surface area contributed by atoms with Gasteiger partial charge in [0.05, 0.1) is 4.90 Å². The average molecular weight is 492 g/mol. The maximum Gasteiger partial charge on any atom is 0.284 e. The number of carbonyl (C=O) groups is 2. The smallest absolute Gasteiger partial charge is 0.284 e. The highest BCUT2D eigenvalue weighted by Crippen LogP contribution is 2.31. The SMILES string of the molecule is C=CCN1C(=O)[C@@H](CC(=O)Nc2ccc(Cl)cc2)SC1=NS(=O)(=O)c1ccc(CC)cc1. The molecule has 0 saturated carbocycles. The van der Waals surface area contributed by atoms with Crippen LogP contribution in [0, 0.1) is 0 Å². The van der Waals surface area contributed by atoms with Gasteiger partial charge in [-0.05, 0) is 48.4 Å². The zero-order chi connectivity index (χ0) is 23.3. The molecule has 0 unspecified atom stereocenters. The summed E-state index contributed by atoms with van der Waals surface area (Å²) in [6.07, 6.45) is 2.13. The quantitative estimate of drug-likeness (QED) is 0.561. The van der Waals surface area contributed by atoms with Crippen LogP contribution in [0.25, 0.3) is 0 Å². The summed E-state index contributed by atoms with van der Waals surface area (Å²) < 4.78 is 29.5. The lowest BCUT2D eigenvalue weighted by molar-refractivity contribution is -0.127. The van der Waals surface area contributed by atoms with Gasteiger partial charge in [-0.3, -0.25) is 14.5 Å². The van der Waals surface area contributed by atoms with Gasteiger partial charge in [-0.2, -0.15) is 8.42 Å². The van der Waals surface area contributed by atoms with E-state index in [1.54, 1.807) is 36.4 Å². The van der Waals surface area contributed by atoms with Crippen LogP contribution in [0.3, 0.4) is 0 Å². The fourth-order valence-corrected chi connectivity index (χ4v) is 5.46. The largest absolute Gasteiger partial charge is 0.326 e. The molecule has 7 nitrogen and oxygen atoms in total. The van der Waals surface area contributed by atoms with E-state index in [0.29, 0.717) is 10.7 Å². The Hall–Kier alpha value is -2.62. The molecule has 10 heteroatoms. The molecule has 0 spiro atoms. The molecule has 0 aromatic heterocycles. The number of thioether (sulfide) groups is 1. The van der Waals surface area contributed by atoms with Crippen molar-refractivity contribution in [2.45, 2.75) is 29.9 Å². The number of carbonyl (C=O) groups excluding carboxylic acids is 2. The second-order valence-electron chi connectivity index (χ2n) is 6.95. The second kappa shape index (κ2) is 10.3. The molecular formula is C22H22ClN3O4S2. The molecule has 2 aromatic rings. The number of halogens is 1. The third-order valence-corrected chi connectivity index (χ3v) is 7.48. The van der Waals surface area contributed by atoms with Gasteiger partial charge < -0.3 is 5.32 Å². The molecule has 1 aliphatic rings. The van der Waals surface area contributed by atoms with Crippen LogP contribution in [0.2, 0.25) is 5.02 Å². The van der Waals surface area contributed by atoms with Crippen molar-refractivity contribution in [3.8, 4) is 0 Å². The Morgan fingerprint density at radius 1 is 1.22 bits per heavy atom. The fourth-order valence-electron chi connectivity index (χ4n) is 2.97. The summed E-state index contributed by atoms with van der Waals surface area (Å²) in [6, 6.07) is 13.0. The van der Waals surface area contributed by atoms with Gasteiger partial charge in [0.25, 0.3) is 10.0 Å². The van der Waals surface area contributed by atoms with Gasteiger partial charge in [0.1, 0.15) is 5.25 Å². The average Bonchev–Trinajstić information content (AvgIpc) is 3.04. The van der Waals surface area contributed by atoms with Crippen molar-refractivity contribution in [1.29, 1.82) is 0 Å². The summed E-state index contributed by atoms with van der Waals surface area (Å²) in [4.78, 5) is 26.5. The third-order valence-electron chi connectivity index (χ3n) is 4.66. The zero-order valence-electron chi connectivity index (χ0n) is 17.3. The van der Waals surface area contributed by atoms with Crippen LogP contribution in [0.15, 0.2) is 70.5 Å². The Morgan fingerprint density at radius 3 is 2.47 bits per heavy atom. The van der Waals surface area contributed by atoms with Crippen molar-refractivity contribution >= 4 is 56.1 Å². The Labute approximate surface area is 196 Å². The highest BCUT2D eigenvalue weighted by molar-refractivity contribution is 8.16. The first kappa shape index (κ1) is 24.0. The van der Waals surface area contributed by atoms with Crippen molar-refractivity contribution in [3.63, 3.8) is 0 Å². The molecule has 0 aliphatic carbocycles. The molecule has 1 fully saturated rings. The number of nitrogens with one attached hydrogen (secondary N) is 1. The maximum atomic E-state index is 12.8. The van der Waals surface area contributed by atoms with Gasteiger partial charge >= 0.3 is 0 Å². The minimum Gasteiger partial charge on any atom is -0.326 e. The summed E-state index contributed by atoms with van der Waals surface area (Å²) in [5, 5.41) is 2.47. The molecule has 1 heterocycles. The zero-order valence-corrected chi connectivity index (χ0v) is 19.7. The van der Waals surface area contributed by atoms with Crippen LogP contribution in [0.1, 0.15) is 18.9 Å². The summed E-state index contributed by atoms with van der Waals surface area (Å²) in [5.74, 6) is -0.771. The predicted octanol–water partition coefficient (Wildman–Crippen LogP) is 4.11. The van der Waals surface area contributed by atoms with Crippen LogP contribution >= 0.6 is 23.4 Å². The Morgan fingerprint density at radius 2 is 1.88 bits per heavy atom. The van der Waals surface area contributed by atoms with Crippen molar-refractivity contribution in [3.05, 3.63) is 71.8 Å². The van der Waals surface area contributed by atoms with Crippen molar-refractivity contribution in [2.75, 3.05) is 11.9 Å². The van der Waals surface area contributed by atoms with Gasteiger partial charge in [-0.1, -0.05) is 48.5 Å². The summed E-state index contributed by atoms with van der Waals surface area (Å²) in [5.41, 5.74) is 1.55. The molecule has 2 aromatic carbocycles. The lowest BCUT2D eigenvalue weighted by atomic mass is 10.2. The van der Waals surface area contributed by atoms with Gasteiger partial charge in [-0.15, -0.1) is 11.0 Å². The first-order valence-corrected chi connectivity index (χ1v) is 12.5. The normalized spacial score (nSPS) is 17.6. The number of hydrogen-bond donors (Lipinski definition) is 1. The highest BCUT2D eigenvalue weighted by atomic mass is 35.5. The number of amidine groups is 1. The standard InChI is InChI=1S/C22H22ClN3O4S2/c1-3-13-26-21(28)19(14-20(27)24-17-9-7-16(23)8-10-17)31-22(26)25-32(29,30)18-11-5-15(4-2)6-12-18/h3,5-12,19H,1,4,13-14H2,2H3,(H,24,27)/t19-/m1/s1. The number of rotatable bonds is 8. The van der Waals surface area contributed by atoms with Crippen LogP contribution in [0.4, 0.5) is 5.69 Å². The van der Waals surface area contributed by atoms with Crippen molar-refractivity contribution in [2.24, 2.45) is 4.40 Å². The minimum absolute atomic E-state index is 0.0266. The number of aryl methyl sites for hydroxylation is 1. The fraction of sp³-hybridized carbons (Fsp3) is 0.227. The first-order valence-electron chi connectivity index (χ1n) is 9.81. The lowest BCUT2D eigenvalue weighted by Crippen LogP contribution is -2.33. The molecule has 1 N–H and O–H groups in total. The van der Waals surface area contributed by atoms with Crippen LogP contribution in [-0.4, -0.2) is 42.1 Å². The Bertz CT molecular complexity index is 1150. The van der Waals surface area contributed by atoms with E-state index in [-0.39, 0.29) is 28.9 Å². The topological polar surface area (TPSA) is 95.9 Å². The highest BCUT2D eigenvalue weighted by Gasteiger charge is 2.39. The van der Waals surface area contributed by atoms with Crippen LogP contribution in [0.5, 0.6) is 0 Å². The van der Waals surface area contributed by atoms with Crippen LogP contribution in [-0.2, 0) is 26.0 Å². The van der Waals surface area contributed by atoms with Crippen molar-refractivity contribution < 1.29 is 18.0 Å². The van der Waals surface area contributed by atoms with Gasteiger partial charge in [0, 0.05) is 23.7 Å². The molecule has 32 heavy (non-hydrogen) atoms. The van der Waals surface area contributed by atoms with E-state index in [0.717, 1.165) is 23.7 Å². The number of anilines is 1. The minimum atomic E-state index is -4.02. The van der Waals surface area contributed by atoms with E-state index in [2.05, 4.69) is 16.3 Å². The molecule has 168 valence electrons. The molecule has 1 saturated heterocycles. The van der Waals surface area contributed by atoms with E-state index in [1.165, 1.54) is 23.1 Å². The Kier molecular flexibility index (Phi) is 7.76. The van der Waals surface area contributed by atoms with E-state index >= 15 is 0 Å². The van der Waals surface area contributed by atoms with E-state index in [4.69, 9.17) is 11.6 Å². The van der Waals surface area contributed by atoms with Gasteiger partial charge in [-0.25, -0.2) is 0 Å². The predicted molar refractivity (Wildman–Crippen MR) is 128 cm³/mol. The van der Waals surface area contributed by atoms with E-state index < -0.39 is 21.2 Å². The first-order chi connectivity index (χ1) is 15.2. The molecule has 0 radical (unpaired) electrons. The molecule has 1 atom stereocenters. The maximum absolute atomic E-state index is 12.8. The number of sulfonamides is 1. The molecule has 3 rings (SSSR count). The molecule has 1 aliphatic heterocycles. The molecule has 0 bridgehead atoms. The number of nitrogens with zero attached hydrogens (tertiary/aromatic N) is 2. The van der Waals surface area contributed by atoms with Crippen molar-refractivity contribution in [1.82, 2.24) is 4.90 Å². The second-order valence-corrected chi connectivity index (χ2v) is 10.2. The van der Waals surface area contributed by atoms with Gasteiger partial charge in [0.2, 0.25) is 11.8 Å². The monoisotopic (exact) mass is 491 g/mol. The lowest BCUT2D eigenvalue weighted by Gasteiger charge is -2.13.